The van der Waals surface area contributed by atoms with Crippen LogP contribution in [-0.2, 0) is 4.74 Å². The molecular weight excluding hydrogens is 220 g/mol. The van der Waals surface area contributed by atoms with Gasteiger partial charge in [0.05, 0.1) is 6.61 Å². The predicted molar refractivity (Wildman–Crippen MR) is 60.7 cm³/mol. The van der Waals surface area contributed by atoms with Crippen molar-refractivity contribution in [3.63, 3.8) is 0 Å². The third-order valence-electron chi connectivity index (χ3n) is 2.38. The molecule has 1 aliphatic rings. The van der Waals surface area contributed by atoms with Crippen molar-refractivity contribution in [2.75, 3.05) is 6.61 Å². The third kappa shape index (κ3) is 3.03. The van der Waals surface area contributed by atoms with Crippen molar-refractivity contribution in [2.45, 2.75) is 25.8 Å². The molecule has 1 saturated carbocycles. The van der Waals surface area contributed by atoms with E-state index in [1.165, 1.54) is 6.07 Å². The molecule has 0 aromatic carbocycles. The fourth-order valence-corrected chi connectivity index (χ4v) is 1.37. The lowest BCUT2D eigenvalue weighted by Crippen LogP contribution is -2.26. The highest BCUT2D eigenvalue weighted by Crippen LogP contribution is 2.19. The van der Waals surface area contributed by atoms with Crippen LogP contribution in [0.2, 0.25) is 0 Å². The van der Waals surface area contributed by atoms with E-state index in [1.807, 2.05) is 0 Å². The zero-order valence-electron chi connectivity index (χ0n) is 9.60. The Kier molecular flexibility index (Phi) is 3.37. The number of nitrogens with zero attached hydrogens (tertiary/aromatic N) is 1. The molecule has 0 aliphatic heterocycles. The van der Waals surface area contributed by atoms with Crippen LogP contribution in [0.4, 0.5) is 0 Å². The van der Waals surface area contributed by atoms with Crippen molar-refractivity contribution in [3.8, 4) is 0 Å². The maximum atomic E-state index is 11.7. The van der Waals surface area contributed by atoms with Gasteiger partial charge in [0.2, 0.25) is 0 Å². The molecule has 90 valence electrons. The number of carbonyl (C=O) groups is 2. The van der Waals surface area contributed by atoms with E-state index in [0.717, 1.165) is 12.8 Å². The molecule has 0 radical (unpaired) electrons. The highest BCUT2D eigenvalue weighted by Gasteiger charge is 2.24. The molecule has 1 aromatic rings. The van der Waals surface area contributed by atoms with Crippen molar-refractivity contribution in [1.29, 1.82) is 0 Å². The Bertz CT molecular complexity index is 441. The monoisotopic (exact) mass is 234 g/mol. The van der Waals surface area contributed by atoms with Crippen LogP contribution in [0.1, 0.15) is 40.7 Å². The molecule has 5 nitrogen and oxygen atoms in total. The van der Waals surface area contributed by atoms with Gasteiger partial charge in [0, 0.05) is 6.04 Å². The lowest BCUT2D eigenvalue weighted by atomic mass is 10.3. The van der Waals surface area contributed by atoms with Crippen LogP contribution in [0.5, 0.6) is 0 Å². The first-order chi connectivity index (χ1) is 8.20. The topological polar surface area (TPSA) is 68.3 Å². The van der Waals surface area contributed by atoms with Crippen molar-refractivity contribution < 1.29 is 14.3 Å². The van der Waals surface area contributed by atoms with Crippen LogP contribution in [0.15, 0.2) is 18.2 Å². The predicted octanol–water partition coefficient (Wildman–Crippen LogP) is 1.15. The minimum atomic E-state index is -0.506. The molecule has 1 aliphatic carbocycles. The Balaban J connectivity index is 2.09. The number of amides is 1. The molecule has 1 aromatic heterocycles. The zero-order chi connectivity index (χ0) is 12.3. The van der Waals surface area contributed by atoms with E-state index in [-0.39, 0.29) is 23.3 Å². The van der Waals surface area contributed by atoms with Crippen molar-refractivity contribution in [1.82, 2.24) is 10.3 Å². The van der Waals surface area contributed by atoms with Crippen molar-refractivity contribution in [2.24, 2.45) is 0 Å². The minimum Gasteiger partial charge on any atom is -0.461 e. The van der Waals surface area contributed by atoms with E-state index >= 15 is 0 Å². The summed E-state index contributed by atoms with van der Waals surface area (Å²) in [5.41, 5.74) is 0.415. The second kappa shape index (κ2) is 4.95. The molecule has 1 heterocycles. The van der Waals surface area contributed by atoms with Crippen molar-refractivity contribution in [3.05, 3.63) is 29.6 Å². The molecule has 5 heteroatoms. The molecule has 0 bridgehead atoms. The molecule has 17 heavy (non-hydrogen) atoms. The lowest BCUT2D eigenvalue weighted by molar-refractivity contribution is 0.0519. The summed E-state index contributed by atoms with van der Waals surface area (Å²) in [6.45, 7) is 2.01. The van der Waals surface area contributed by atoms with Crippen LogP contribution < -0.4 is 5.32 Å². The maximum absolute atomic E-state index is 11.7. The third-order valence-corrected chi connectivity index (χ3v) is 2.38. The summed E-state index contributed by atoms with van der Waals surface area (Å²) in [6.07, 6.45) is 2.03. The largest absolute Gasteiger partial charge is 0.461 e. The van der Waals surface area contributed by atoms with Gasteiger partial charge in [0.15, 0.2) is 0 Å². The van der Waals surface area contributed by atoms with Gasteiger partial charge in [-0.2, -0.15) is 0 Å². The summed E-state index contributed by atoms with van der Waals surface area (Å²) in [4.78, 5) is 27.1. The SMILES string of the molecule is CCOC(=O)c1cccc(C(=O)NC2CC2)n1. The Morgan fingerprint density at radius 1 is 1.41 bits per heavy atom. The number of carbonyl (C=O) groups excluding carboxylic acids is 2. The number of ether oxygens (including phenoxy) is 1. The molecule has 0 spiro atoms. The fraction of sp³-hybridized carbons (Fsp3) is 0.417. The summed E-state index contributed by atoms with van der Waals surface area (Å²) in [7, 11) is 0. The lowest BCUT2D eigenvalue weighted by Gasteiger charge is -2.04. The zero-order valence-corrected chi connectivity index (χ0v) is 9.60. The molecular formula is C12H14N2O3. The first-order valence-electron chi connectivity index (χ1n) is 5.65. The summed E-state index contributed by atoms with van der Waals surface area (Å²) in [5.74, 6) is -0.743. The average molecular weight is 234 g/mol. The van der Waals surface area contributed by atoms with Gasteiger partial charge >= 0.3 is 5.97 Å². The normalized spacial score (nSPS) is 14.2. The van der Waals surface area contributed by atoms with Crippen LogP contribution in [0.25, 0.3) is 0 Å². The Labute approximate surface area is 99.2 Å². The highest BCUT2D eigenvalue weighted by atomic mass is 16.5. The number of hydrogen-bond donors (Lipinski definition) is 1. The molecule has 0 saturated heterocycles. The van der Waals surface area contributed by atoms with Crippen LogP contribution in [-0.4, -0.2) is 29.5 Å². The molecule has 1 fully saturated rings. The van der Waals surface area contributed by atoms with E-state index in [4.69, 9.17) is 4.74 Å². The van der Waals surface area contributed by atoms with Crippen LogP contribution in [0, 0.1) is 0 Å². The van der Waals surface area contributed by atoms with Gasteiger partial charge in [0.25, 0.3) is 5.91 Å². The Morgan fingerprint density at radius 3 is 2.76 bits per heavy atom. The molecule has 0 atom stereocenters. The minimum absolute atomic E-state index is 0.162. The second-order valence-corrected chi connectivity index (χ2v) is 3.88. The summed E-state index contributed by atoms with van der Waals surface area (Å²) in [5, 5.41) is 2.81. The van der Waals surface area contributed by atoms with E-state index in [2.05, 4.69) is 10.3 Å². The number of aromatic nitrogens is 1. The molecule has 1 amide bonds. The van der Waals surface area contributed by atoms with Gasteiger partial charge in [-0.1, -0.05) is 6.07 Å². The van der Waals surface area contributed by atoms with Crippen LogP contribution in [0.3, 0.4) is 0 Å². The first-order valence-corrected chi connectivity index (χ1v) is 5.65. The number of pyridine rings is 1. The number of esters is 1. The summed E-state index contributed by atoms with van der Waals surface area (Å²) in [6, 6.07) is 5.02. The van der Waals surface area contributed by atoms with Gasteiger partial charge in [-0.25, -0.2) is 9.78 Å². The Morgan fingerprint density at radius 2 is 2.12 bits per heavy atom. The van der Waals surface area contributed by atoms with E-state index in [9.17, 15) is 9.59 Å². The van der Waals surface area contributed by atoms with E-state index in [0.29, 0.717) is 6.61 Å². The molecule has 1 N–H and O–H groups in total. The Hall–Kier alpha value is -1.91. The number of rotatable bonds is 4. The van der Waals surface area contributed by atoms with Gasteiger partial charge in [-0.05, 0) is 31.9 Å². The summed E-state index contributed by atoms with van der Waals surface area (Å²) >= 11 is 0. The quantitative estimate of drug-likeness (QED) is 0.793. The van der Waals surface area contributed by atoms with Gasteiger partial charge in [0.1, 0.15) is 11.4 Å². The molecule has 0 unspecified atom stereocenters. The van der Waals surface area contributed by atoms with Gasteiger partial charge in [-0.3, -0.25) is 4.79 Å². The van der Waals surface area contributed by atoms with Gasteiger partial charge in [-0.15, -0.1) is 0 Å². The average Bonchev–Trinajstić information content (AvgIpc) is 3.13. The van der Waals surface area contributed by atoms with Gasteiger partial charge < -0.3 is 10.1 Å². The second-order valence-electron chi connectivity index (χ2n) is 3.88. The van der Waals surface area contributed by atoms with E-state index < -0.39 is 5.97 Å². The summed E-state index contributed by atoms with van der Waals surface area (Å²) < 4.78 is 4.82. The van der Waals surface area contributed by atoms with Crippen LogP contribution >= 0.6 is 0 Å². The smallest absolute Gasteiger partial charge is 0.356 e. The number of hydrogen-bond acceptors (Lipinski definition) is 4. The van der Waals surface area contributed by atoms with Crippen molar-refractivity contribution >= 4 is 11.9 Å². The highest BCUT2D eigenvalue weighted by molar-refractivity contribution is 5.94. The molecule has 2 rings (SSSR count). The fourth-order valence-electron chi connectivity index (χ4n) is 1.37. The number of nitrogens with one attached hydrogen (secondary N) is 1. The maximum Gasteiger partial charge on any atom is 0.356 e. The standard InChI is InChI=1S/C12H14N2O3/c1-2-17-12(16)10-5-3-4-9(14-10)11(15)13-8-6-7-8/h3-5,8H,2,6-7H2,1H3,(H,13,15). The first kappa shape index (κ1) is 11.6. The van der Waals surface area contributed by atoms with E-state index in [1.54, 1.807) is 19.1 Å².